The number of hydrogen-bond acceptors (Lipinski definition) is 4. The maximum Gasteiger partial charge on any atom is 0.280 e. The summed E-state index contributed by atoms with van der Waals surface area (Å²) in [5, 5.41) is -0.150. The van der Waals surface area contributed by atoms with Crippen molar-refractivity contribution in [2.75, 3.05) is 19.7 Å². The highest BCUT2D eigenvalue weighted by atomic mass is 32.2. The zero-order chi connectivity index (χ0) is 25.8. The third-order valence-electron chi connectivity index (χ3n) is 8.20. The van der Waals surface area contributed by atoms with Crippen molar-refractivity contribution >= 4 is 22.8 Å². The van der Waals surface area contributed by atoms with Crippen LogP contribution < -0.4 is 4.72 Å². The van der Waals surface area contributed by atoms with Crippen LogP contribution in [-0.4, -0.2) is 43.2 Å². The molecule has 1 aromatic rings. The fourth-order valence-corrected chi connectivity index (χ4v) is 8.67. The first kappa shape index (κ1) is 28.2. The monoisotopic (exact) mass is 548 g/mol. The molecule has 0 radical (unpaired) electrons. The lowest BCUT2D eigenvalue weighted by Crippen LogP contribution is -2.55. The van der Waals surface area contributed by atoms with Crippen molar-refractivity contribution in [2.45, 2.75) is 94.4 Å². The standard InChI is InChI=1S/C26H39F3N2O3S2/c27-23-12-25(29)24(28)11-21(23)17-34-18-26(13-19-7-3-1-4-8-19)14-22(35)16-31(26)36(32,33)30-15-20-9-5-2-6-10-20/h11-12,19-20,22,30,35H,1-10,13-18H2/t22-,26+/m1/s1. The summed E-state index contributed by atoms with van der Waals surface area (Å²) in [5.74, 6) is -2.55. The Morgan fingerprint density at radius 3 is 2.22 bits per heavy atom. The minimum Gasteiger partial charge on any atom is -0.375 e. The second-order valence-corrected chi connectivity index (χ2v) is 13.4. The van der Waals surface area contributed by atoms with Crippen LogP contribution in [0.1, 0.15) is 82.6 Å². The van der Waals surface area contributed by atoms with Crippen LogP contribution in [-0.2, 0) is 21.6 Å². The Morgan fingerprint density at radius 1 is 0.944 bits per heavy atom. The van der Waals surface area contributed by atoms with E-state index in [0.29, 0.717) is 37.3 Å². The molecule has 0 aromatic heterocycles. The van der Waals surface area contributed by atoms with Crippen molar-refractivity contribution in [3.05, 3.63) is 35.1 Å². The van der Waals surface area contributed by atoms with E-state index in [2.05, 4.69) is 17.4 Å². The van der Waals surface area contributed by atoms with Gasteiger partial charge in [0, 0.05) is 30.0 Å². The fourth-order valence-electron chi connectivity index (χ4n) is 6.36. The smallest absolute Gasteiger partial charge is 0.280 e. The lowest BCUT2D eigenvalue weighted by molar-refractivity contribution is 0.0193. The Bertz CT molecular complexity index is 985. The lowest BCUT2D eigenvalue weighted by atomic mass is 9.79. The number of nitrogens with one attached hydrogen (secondary N) is 1. The van der Waals surface area contributed by atoms with Gasteiger partial charge in [-0.15, -0.1) is 0 Å². The van der Waals surface area contributed by atoms with Gasteiger partial charge in [-0.2, -0.15) is 25.4 Å². The first-order chi connectivity index (χ1) is 17.2. The molecule has 0 spiro atoms. The van der Waals surface area contributed by atoms with E-state index in [1.54, 1.807) is 0 Å². The van der Waals surface area contributed by atoms with Crippen LogP contribution in [0.3, 0.4) is 0 Å². The van der Waals surface area contributed by atoms with E-state index in [9.17, 15) is 21.6 Å². The second-order valence-electron chi connectivity index (χ2n) is 11.0. The van der Waals surface area contributed by atoms with E-state index in [1.807, 2.05) is 0 Å². The van der Waals surface area contributed by atoms with E-state index >= 15 is 0 Å². The average Bonchev–Trinajstić information content (AvgIpc) is 3.19. The number of ether oxygens (including phenoxy) is 1. The molecule has 10 heteroatoms. The molecule has 204 valence electrons. The van der Waals surface area contributed by atoms with Gasteiger partial charge in [0.2, 0.25) is 0 Å². The Labute approximate surface area is 219 Å². The SMILES string of the molecule is O=S(=O)(NCC1CCCCC1)N1C[C@H](S)C[C@]1(COCc1cc(F)c(F)cc1F)CC1CCCCC1. The molecule has 3 aliphatic rings. The fraction of sp³-hybridized carbons (Fsp3) is 0.769. The highest BCUT2D eigenvalue weighted by molar-refractivity contribution is 7.87. The van der Waals surface area contributed by atoms with Gasteiger partial charge < -0.3 is 4.74 Å². The molecule has 2 atom stereocenters. The summed E-state index contributed by atoms with van der Waals surface area (Å²) in [5.41, 5.74) is -0.908. The predicted molar refractivity (Wildman–Crippen MR) is 137 cm³/mol. The van der Waals surface area contributed by atoms with E-state index < -0.39 is 33.2 Å². The van der Waals surface area contributed by atoms with Gasteiger partial charge in [-0.05, 0) is 43.6 Å². The summed E-state index contributed by atoms with van der Waals surface area (Å²) in [7, 11) is -3.80. The molecule has 2 saturated carbocycles. The normalized spacial score (nSPS) is 27.1. The summed E-state index contributed by atoms with van der Waals surface area (Å²) >= 11 is 4.68. The van der Waals surface area contributed by atoms with Crippen LogP contribution in [0.5, 0.6) is 0 Å². The molecule has 1 heterocycles. The number of benzene rings is 1. The van der Waals surface area contributed by atoms with Crippen molar-refractivity contribution in [3.8, 4) is 0 Å². The predicted octanol–water partition coefficient (Wildman–Crippen LogP) is 5.75. The summed E-state index contributed by atoms with van der Waals surface area (Å²) < 4.78 is 78.8. The minimum atomic E-state index is -3.80. The molecule has 0 amide bonds. The van der Waals surface area contributed by atoms with Gasteiger partial charge in [0.25, 0.3) is 10.2 Å². The zero-order valence-corrected chi connectivity index (χ0v) is 22.6. The molecule has 0 unspecified atom stereocenters. The molecule has 1 aromatic carbocycles. The first-order valence-electron chi connectivity index (χ1n) is 13.4. The maximum atomic E-state index is 14.2. The Balaban J connectivity index is 1.52. The van der Waals surface area contributed by atoms with Gasteiger partial charge in [-0.25, -0.2) is 17.9 Å². The van der Waals surface area contributed by atoms with Gasteiger partial charge in [-0.1, -0.05) is 51.4 Å². The van der Waals surface area contributed by atoms with Gasteiger partial charge in [0.15, 0.2) is 11.6 Å². The van der Waals surface area contributed by atoms with E-state index in [1.165, 1.54) is 17.1 Å². The number of thiol groups is 1. The van der Waals surface area contributed by atoms with Crippen molar-refractivity contribution in [1.82, 2.24) is 9.03 Å². The van der Waals surface area contributed by atoms with Crippen LogP contribution in [0.4, 0.5) is 13.2 Å². The second kappa shape index (κ2) is 12.4. The summed E-state index contributed by atoms with van der Waals surface area (Å²) in [6.45, 7) is 0.481. The van der Waals surface area contributed by atoms with Crippen molar-refractivity contribution in [1.29, 1.82) is 0 Å². The van der Waals surface area contributed by atoms with E-state index in [-0.39, 0.29) is 30.6 Å². The number of rotatable bonds is 10. The molecular formula is C26H39F3N2O3S2. The number of hydrogen-bond donors (Lipinski definition) is 2. The van der Waals surface area contributed by atoms with Gasteiger partial charge in [0.05, 0.1) is 18.8 Å². The molecule has 1 saturated heterocycles. The average molecular weight is 549 g/mol. The molecule has 36 heavy (non-hydrogen) atoms. The largest absolute Gasteiger partial charge is 0.375 e. The van der Waals surface area contributed by atoms with Crippen molar-refractivity contribution in [2.24, 2.45) is 11.8 Å². The van der Waals surface area contributed by atoms with Gasteiger partial charge >= 0.3 is 0 Å². The van der Waals surface area contributed by atoms with E-state index in [4.69, 9.17) is 4.74 Å². The molecule has 4 rings (SSSR count). The molecule has 2 aliphatic carbocycles. The third-order valence-corrected chi connectivity index (χ3v) is 10.2. The Kier molecular flexibility index (Phi) is 9.69. The van der Waals surface area contributed by atoms with Crippen LogP contribution in [0.15, 0.2) is 12.1 Å². The minimum absolute atomic E-state index is 0.0450. The van der Waals surface area contributed by atoms with Crippen molar-refractivity contribution in [3.63, 3.8) is 0 Å². The number of halogens is 3. The maximum absolute atomic E-state index is 14.2. The zero-order valence-electron chi connectivity index (χ0n) is 20.9. The molecule has 0 bridgehead atoms. The summed E-state index contributed by atoms with van der Waals surface area (Å²) in [4.78, 5) is 0. The van der Waals surface area contributed by atoms with Crippen LogP contribution >= 0.6 is 12.6 Å². The van der Waals surface area contributed by atoms with E-state index in [0.717, 1.165) is 57.4 Å². The Hall–Kier alpha value is -0.810. The lowest BCUT2D eigenvalue weighted by Gasteiger charge is -2.41. The summed E-state index contributed by atoms with van der Waals surface area (Å²) in [6, 6.07) is 1.31. The molecule has 5 nitrogen and oxygen atoms in total. The highest BCUT2D eigenvalue weighted by Crippen LogP contribution is 2.42. The Morgan fingerprint density at radius 2 is 1.56 bits per heavy atom. The molecular weight excluding hydrogens is 509 g/mol. The van der Waals surface area contributed by atoms with Gasteiger partial charge in [0.1, 0.15) is 5.82 Å². The first-order valence-corrected chi connectivity index (χ1v) is 15.3. The molecule has 1 N–H and O–H groups in total. The highest BCUT2D eigenvalue weighted by Gasteiger charge is 2.51. The van der Waals surface area contributed by atoms with Crippen LogP contribution in [0, 0.1) is 29.3 Å². The number of nitrogens with zero attached hydrogens (tertiary/aromatic N) is 1. The third kappa shape index (κ3) is 6.98. The van der Waals surface area contributed by atoms with Crippen molar-refractivity contribution < 1.29 is 26.3 Å². The van der Waals surface area contributed by atoms with Crippen LogP contribution in [0.25, 0.3) is 0 Å². The quantitative estimate of drug-likeness (QED) is 0.289. The van der Waals surface area contributed by atoms with Gasteiger partial charge in [-0.3, -0.25) is 0 Å². The van der Waals surface area contributed by atoms with Crippen LogP contribution in [0.2, 0.25) is 0 Å². The molecule has 3 fully saturated rings. The summed E-state index contributed by atoms with van der Waals surface area (Å²) in [6.07, 6.45) is 12.2. The molecule has 1 aliphatic heterocycles. The topological polar surface area (TPSA) is 58.6 Å².